The molecule has 19 heavy (non-hydrogen) atoms. The number of nitrogens with two attached hydrogens (primary N) is 1. The molecule has 0 aromatic rings. The molecule has 1 amide bonds. The Morgan fingerprint density at radius 2 is 1.95 bits per heavy atom. The lowest BCUT2D eigenvalue weighted by Gasteiger charge is -2.39. The van der Waals surface area contributed by atoms with Crippen LogP contribution in [0.5, 0.6) is 0 Å². The number of carbonyl (C=O) groups is 1. The van der Waals surface area contributed by atoms with Crippen LogP contribution in [0.15, 0.2) is 23.0 Å². The zero-order valence-electron chi connectivity index (χ0n) is 12.9. The van der Waals surface area contributed by atoms with Crippen LogP contribution >= 0.6 is 0 Å². The van der Waals surface area contributed by atoms with Crippen molar-refractivity contribution in [2.45, 2.75) is 47.1 Å². The standard InChI is InChI=1S/C15H27N3O/c1-11(2)10-17-8-9-18(12(3)4)15(19)14(17)13(5)6-7-16/h10,12H,6-9,16H2,1-5H3/b14-13+. The number of rotatable bonds is 4. The highest BCUT2D eigenvalue weighted by Crippen LogP contribution is 2.23. The second-order valence-electron chi connectivity index (χ2n) is 5.66. The summed E-state index contributed by atoms with van der Waals surface area (Å²) in [6.45, 7) is 12.4. The fourth-order valence-corrected chi connectivity index (χ4v) is 2.38. The lowest BCUT2D eigenvalue weighted by atomic mass is 10.1. The molecular weight excluding hydrogens is 238 g/mol. The van der Waals surface area contributed by atoms with Crippen molar-refractivity contribution in [3.63, 3.8) is 0 Å². The summed E-state index contributed by atoms with van der Waals surface area (Å²) in [6, 6.07) is 0.238. The van der Waals surface area contributed by atoms with Gasteiger partial charge < -0.3 is 15.5 Å². The second kappa shape index (κ2) is 6.75. The maximum atomic E-state index is 12.6. The van der Waals surface area contributed by atoms with Gasteiger partial charge >= 0.3 is 0 Å². The number of carbonyl (C=O) groups excluding carboxylic acids is 1. The summed E-state index contributed by atoms with van der Waals surface area (Å²) in [6.07, 6.45) is 2.82. The summed E-state index contributed by atoms with van der Waals surface area (Å²) in [4.78, 5) is 16.7. The van der Waals surface area contributed by atoms with Gasteiger partial charge in [0.25, 0.3) is 5.91 Å². The molecule has 0 aromatic carbocycles. The monoisotopic (exact) mass is 265 g/mol. The average Bonchev–Trinajstić information content (AvgIpc) is 2.27. The maximum Gasteiger partial charge on any atom is 0.270 e. The number of nitrogens with zero attached hydrogens (tertiary/aromatic N) is 2. The summed E-state index contributed by atoms with van der Waals surface area (Å²) in [7, 11) is 0. The minimum atomic E-state index is 0.129. The molecule has 4 nitrogen and oxygen atoms in total. The fraction of sp³-hybridized carbons (Fsp3) is 0.667. The van der Waals surface area contributed by atoms with E-state index in [9.17, 15) is 4.79 Å². The van der Waals surface area contributed by atoms with Crippen LogP contribution in [0.25, 0.3) is 0 Å². The molecule has 1 saturated heterocycles. The van der Waals surface area contributed by atoms with Crippen molar-refractivity contribution in [1.29, 1.82) is 0 Å². The smallest absolute Gasteiger partial charge is 0.270 e. The van der Waals surface area contributed by atoms with Crippen molar-refractivity contribution >= 4 is 5.91 Å². The van der Waals surface area contributed by atoms with E-state index in [0.29, 0.717) is 6.54 Å². The normalized spacial score (nSPS) is 19.0. The number of hydrogen-bond acceptors (Lipinski definition) is 3. The van der Waals surface area contributed by atoms with Crippen LogP contribution in [0.2, 0.25) is 0 Å². The maximum absolute atomic E-state index is 12.6. The van der Waals surface area contributed by atoms with E-state index in [1.807, 2.05) is 11.8 Å². The van der Waals surface area contributed by atoms with Crippen LogP contribution < -0.4 is 5.73 Å². The van der Waals surface area contributed by atoms with Gasteiger partial charge in [-0.25, -0.2) is 0 Å². The van der Waals surface area contributed by atoms with Gasteiger partial charge in [-0.1, -0.05) is 5.57 Å². The molecule has 0 unspecified atom stereocenters. The Bertz CT molecular complexity index is 392. The Kier molecular flexibility index (Phi) is 5.60. The first-order chi connectivity index (χ1) is 8.88. The van der Waals surface area contributed by atoms with E-state index in [1.54, 1.807) is 0 Å². The van der Waals surface area contributed by atoms with Crippen molar-refractivity contribution in [1.82, 2.24) is 9.80 Å². The molecule has 4 heteroatoms. The Balaban J connectivity index is 3.14. The van der Waals surface area contributed by atoms with Crippen LogP contribution in [0.1, 0.15) is 41.0 Å². The summed E-state index contributed by atoms with van der Waals surface area (Å²) >= 11 is 0. The van der Waals surface area contributed by atoms with Gasteiger partial charge in [0.05, 0.1) is 0 Å². The Hall–Kier alpha value is -1.29. The fourth-order valence-electron chi connectivity index (χ4n) is 2.38. The average molecular weight is 265 g/mol. The highest BCUT2D eigenvalue weighted by Gasteiger charge is 2.30. The first-order valence-corrected chi connectivity index (χ1v) is 7.01. The quantitative estimate of drug-likeness (QED) is 0.792. The number of piperazine rings is 1. The van der Waals surface area contributed by atoms with Crippen LogP contribution in [-0.2, 0) is 4.79 Å². The van der Waals surface area contributed by atoms with E-state index >= 15 is 0 Å². The molecular formula is C15H27N3O. The second-order valence-corrected chi connectivity index (χ2v) is 5.66. The molecule has 1 fully saturated rings. The SMILES string of the molecule is CC(C)=CN1CCN(C(C)C)C(=O)/C1=C(/C)CCN. The Morgan fingerprint density at radius 1 is 1.32 bits per heavy atom. The third-order valence-electron chi connectivity index (χ3n) is 3.29. The first kappa shape index (κ1) is 15.8. The van der Waals surface area contributed by atoms with E-state index in [0.717, 1.165) is 30.8 Å². The summed E-state index contributed by atoms with van der Waals surface area (Å²) in [5.41, 5.74) is 8.72. The summed E-state index contributed by atoms with van der Waals surface area (Å²) in [5.74, 6) is 0.129. The van der Waals surface area contributed by atoms with Crippen LogP contribution in [-0.4, -0.2) is 41.4 Å². The van der Waals surface area contributed by atoms with Crippen molar-refractivity contribution in [3.05, 3.63) is 23.0 Å². The lowest BCUT2D eigenvalue weighted by Crippen LogP contribution is -2.50. The van der Waals surface area contributed by atoms with Crippen molar-refractivity contribution in [3.8, 4) is 0 Å². The third-order valence-corrected chi connectivity index (χ3v) is 3.29. The molecule has 1 aliphatic rings. The zero-order chi connectivity index (χ0) is 14.6. The van der Waals surface area contributed by atoms with Gasteiger partial charge in [-0.15, -0.1) is 0 Å². The number of allylic oxidation sites excluding steroid dienone is 1. The van der Waals surface area contributed by atoms with Gasteiger partial charge in [0.15, 0.2) is 0 Å². The lowest BCUT2D eigenvalue weighted by molar-refractivity contribution is -0.132. The molecule has 0 bridgehead atoms. The largest absolute Gasteiger partial charge is 0.342 e. The molecule has 2 N–H and O–H groups in total. The molecule has 0 aliphatic carbocycles. The molecule has 0 saturated carbocycles. The molecule has 0 atom stereocenters. The van der Waals surface area contributed by atoms with E-state index in [4.69, 9.17) is 5.73 Å². The molecule has 0 aromatic heterocycles. The van der Waals surface area contributed by atoms with Crippen molar-refractivity contribution in [2.24, 2.45) is 5.73 Å². The minimum absolute atomic E-state index is 0.129. The van der Waals surface area contributed by atoms with Gasteiger partial charge in [-0.05, 0) is 53.2 Å². The molecule has 0 radical (unpaired) electrons. The Labute approximate surface area is 116 Å². The Morgan fingerprint density at radius 3 is 2.42 bits per heavy atom. The highest BCUT2D eigenvalue weighted by molar-refractivity contribution is 5.94. The molecule has 0 spiro atoms. The van der Waals surface area contributed by atoms with Gasteiger partial charge in [-0.3, -0.25) is 4.79 Å². The van der Waals surface area contributed by atoms with Crippen LogP contribution in [0.4, 0.5) is 0 Å². The van der Waals surface area contributed by atoms with Gasteiger partial charge in [0.2, 0.25) is 0 Å². The van der Waals surface area contributed by atoms with Crippen LogP contribution in [0, 0.1) is 0 Å². The predicted octanol–water partition coefficient (Wildman–Crippen LogP) is 2.09. The molecule has 1 aliphatic heterocycles. The van der Waals surface area contributed by atoms with Gasteiger partial charge in [0.1, 0.15) is 5.70 Å². The van der Waals surface area contributed by atoms with Crippen molar-refractivity contribution < 1.29 is 4.79 Å². The molecule has 108 valence electrons. The van der Waals surface area contributed by atoms with E-state index in [1.165, 1.54) is 5.57 Å². The van der Waals surface area contributed by atoms with Gasteiger partial charge in [0, 0.05) is 25.3 Å². The van der Waals surface area contributed by atoms with E-state index in [-0.39, 0.29) is 11.9 Å². The number of hydrogen-bond donors (Lipinski definition) is 1. The molecule has 1 heterocycles. The van der Waals surface area contributed by atoms with E-state index in [2.05, 4.69) is 38.8 Å². The summed E-state index contributed by atoms with van der Waals surface area (Å²) in [5, 5.41) is 0. The zero-order valence-corrected chi connectivity index (χ0v) is 12.9. The van der Waals surface area contributed by atoms with Crippen molar-refractivity contribution in [2.75, 3.05) is 19.6 Å². The third kappa shape index (κ3) is 3.83. The van der Waals surface area contributed by atoms with Gasteiger partial charge in [-0.2, -0.15) is 0 Å². The molecule has 1 rings (SSSR count). The number of amides is 1. The van der Waals surface area contributed by atoms with Crippen LogP contribution in [0.3, 0.4) is 0 Å². The summed E-state index contributed by atoms with van der Waals surface area (Å²) < 4.78 is 0. The highest BCUT2D eigenvalue weighted by atomic mass is 16.2. The minimum Gasteiger partial charge on any atom is -0.342 e. The predicted molar refractivity (Wildman–Crippen MR) is 79.4 cm³/mol. The first-order valence-electron chi connectivity index (χ1n) is 7.01. The topological polar surface area (TPSA) is 49.6 Å². The van der Waals surface area contributed by atoms with E-state index < -0.39 is 0 Å².